The fraction of sp³-hybridized carbons (Fsp3) is 0.300. The van der Waals surface area contributed by atoms with Gasteiger partial charge in [-0.3, -0.25) is 0 Å². The molecule has 0 N–H and O–H groups in total. The first-order valence-corrected chi connectivity index (χ1v) is 12.4. The zero-order valence-electron chi connectivity index (χ0n) is 20.1. The van der Waals surface area contributed by atoms with Gasteiger partial charge in [-0.15, -0.1) is 0 Å². The molecule has 0 aromatic heterocycles. The fourth-order valence-corrected chi connectivity index (χ4v) is 4.32. The highest BCUT2D eigenvalue weighted by molar-refractivity contribution is 5.91. The predicted octanol–water partition coefficient (Wildman–Crippen LogP) is 5.97. The number of carbonyl (C=O) groups is 3. The number of esters is 3. The van der Waals surface area contributed by atoms with Crippen LogP contribution in [0.4, 0.5) is 0 Å². The van der Waals surface area contributed by atoms with Crippen LogP contribution < -0.4 is 0 Å². The van der Waals surface area contributed by atoms with E-state index in [1.165, 1.54) is 37.7 Å². The molecular formula is C30H30O6. The molecule has 1 saturated carbocycles. The molecule has 1 atom stereocenters. The highest BCUT2D eigenvalue weighted by Gasteiger charge is 2.22. The summed E-state index contributed by atoms with van der Waals surface area (Å²) < 4.78 is 16.3. The van der Waals surface area contributed by atoms with E-state index in [0.29, 0.717) is 22.6 Å². The van der Waals surface area contributed by atoms with Crippen LogP contribution in [0.5, 0.6) is 0 Å². The zero-order valence-corrected chi connectivity index (χ0v) is 20.1. The van der Waals surface area contributed by atoms with Gasteiger partial charge in [-0.05, 0) is 60.7 Å². The first-order valence-electron chi connectivity index (χ1n) is 12.4. The molecule has 0 bridgehead atoms. The van der Waals surface area contributed by atoms with Gasteiger partial charge in [0.15, 0.2) is 6.10 Å². The lowest BCUT2D eigenvalue weighted by atomic mass is 9.84. The third-order valence-corrected chi connectivity index (χ3v) is 6.32. The maximum Gasteiger partial charge on any atom is 0.338 e. The SMILES string of the molecule is O=C(OCC(COC(=O)c1ccc(C2CCCCC2)cc1)OC(=O)c1ccccc1)c1ccccc1. The number of benzene rings is 3. The van der Waals surface area contributed by atoms with Crippen LogP contribution >= 0.6 is 0 Å². The molecule has 1 fully saturated rings. The molecule has 0 spiro atoms. The summed E-state index contributed by atoms with van der Waals surface area (Å²) in [5, 5.41) is 0. The summed E-state index contributed by atoms with van der Waals surface area (Å²) in [6.45, 7) is -0.496. The molecule has 1 aliphatic rings. The van der Waals surface area contributed by atoms with E-state index in [9.17, 15) is 14.4 Å². The molecule has 1 aliphatic carbocycles. The number of hydrogen-bond donors (Lipinski definition) is 0. The van der Waals surface area contributed by atoms with Crippen molar-refractivity contribution in [3.05, 3.63) is 107 Å². The van der Waals surface area contributed by atoms with Gasteiger partial charge in [0.2, 0.25) is 0 Å². The van der Waals surface area contributed by atoms with Crippen molar-refractivity contribution in [3.63, 3.8) is 0 Å². The number of ether oxygens (including phenoxy) is 3. The van der Waals surface area contributed by atoms with Crippen LogP contribution in [0.1, 0.15) is 74.7 Å². The zero-order chi connectivity index (χ0) is 25.2. The van der Waals surface area contributed by atoms with Crippen LogP contribution in [0.15, 0.2) is 84.9 Å². The van der Waals surface area contributed by atoms with Gasteiger partial charge in [0.25, 0.3) is 0 Å². The third kappa shape index (κ3) is 7.04. The van der Waals surface area contributed by atoms with Gasteiger partial charge in [-0.1, -0.05) is 67.8 Å². The molecular weight excluding hydrogens is 456 g/mol. The van der Waals surface area contributed by atoms with Crippen molar-refractivity contribution >= 4 is 17.9 Å². The Kier molecular flexibility index (Phi) is 8.87. The van der Waals surface area contributed by atoms with E-state index >= 15 is 0 Å². The van der Waals surface area contributed by atoms with Gasteiger partial charge in [0, 0.05) is 0 Å². The Morgan fingerprint density at radius 3 is 1.61 bits per heavy atom. The molecule has 1 unspecified atom stereocenters. The van der Waals surface area contributed by atoms with Crippen LogP contribution in [0, 0.1) is 0 Å². The van der Waals surface area contributed by atoms with Crippen LogP contribution in [-0.4, -0.2) is 37.2 Å². The first-order chi connectivity index (χ1) is 17.6. The lowest BCUT2D eigenvalue weighted by Crippen LogP contribution is -2.31. The van der Waals surface area contributed by atoms with E-state index in [1.807, 2.05) is 12.1 Å². The van der Waals surface area contributed by atoms with E-state index in [4.69, 9.17) is 14.2 Å². The average molecular weight is 487 g/mol. The van der Waals surface area contributed by atoms with Crippen LogP contribution in [0.25, 0.3) is 0 Å². The second-order valence-electron chi connectivity index (χ2n) is 8.91. The molecule has 0 radical (unpaired) electrons. The topological polar surface area (TPSA) is 78.9 Å². The second kappa shape index (κ2) is 12.7. The molecule has 3 aromatic rings. The van der Waals surface area contributed by atoms with Gasteiger partial charge < -0.3 is 14.2 Å². The first kappa shape index (κ1) is 25.2. The van der Waals surface area contributed by atoms with Crippen LogP contribution in [-0.2, 0) is 14.2 Å². The van der Waals surface area contributed by atoms with E-state index in [1.54, 1.807) is 72.8 Å². The minimum Gasteiger partial charge on any atom is -0.458 e. The molecule has 6 nitrogen and oxygen atoms in total. The highest BCUT2D eigenvalue weighted by atomic mass is 16.6. The molecule has 3 aromatic carbocycles. The minimum absolute atomic E-state index is 0.246. The quantitative estimate of drug-likeness (QED) is 0.274. The van der Waals surface area contributed by atoms with E-state index < -0.39 is 24.0 Å². The summed E-state index contributed by atoms with van der Waals surface area (Å²) in [6, 6.07) is 24.5. The molecule has 0 amide bonds. The van der Waals surface area contributed by atoms with Crippen molar-refractivity contribution < 1.29 is 28.6 Å². The number of hydrogen-bond acceptors (Lipinski definition) is 6. The van der Waals surface area contributed by atoms with E-state index in [-0.39, 0.29) is 13.2 Å². The van der Waals surface area contributed by atoms with Gasteiger partial charge in [0.05, 0.1) is 16.7 Å². The van der Waals surface area contributed by atoms with E-state index in [0.717, 1.165) is 0 Å². The third-order valence-electron chi connectivity index (χ3n) is 6.32. The maximum absolute atomic E-state index is 12.7. The Balaban J connectivity index is 1.37. The summed E-state index contributed by atoms with van der Waals surface area (Å²) in [5.41, 5.74) is 2.39. The Hall–Kier alpha value is -3.93. The lowest BCUT2D eigenvalue weighted by Gasteiger charge is -2.22. The Bertz CT molecular complexity index is 1140. The molecule has 0 saturated heterocycles. The van der Waals surface area contributed by atoms with Gasteiger partial charge in [-0.25, -0.2) is 14.4 Å². The summed E-state index contributed by atoms with van der Waals surface area (Å²) in [4.78, 5) is 37.6. The summed E-state index contributed by atoms with van der Waals surface area (Å²) in [5.74, 6) is -1.13. The standard InChI is InChI=1S/C30H30O6/c31-28(24-12-6-2-7-13-24)34-20-27(36-30(33)25-14-8-3-9-15-25)21-35-29(32)26-18-16-23(17-19-26)22-10-4-1-5-11-22/h2-3,6-9,12-19,22,27H,1,4-5,10-11,20-21H2. The lowest BCUT2D eigenvalue weighted by molar-refractivity contribution is -0.0253. The van der Waals surface area contributed by atoms with Crippen LogP contribution in [0.2, 0.25) is 0 Å². The minimum atomic E-state index is -0.962. The van der Waals surface area contributed by atoms with E-state index in [2.05, 4.69) is 0 Å². The van der Waals surface area contributed by atoms with Crippen molar-refractivity contribution in [2.75, 3.05) is 13.2 Å². The Labute approximate surface area is 211 Å². The Morgan fingerprint density at radius 1 is 0.611 bits per heavy atom. The largest absolute Gasteiger partial charge is 0.458 e. The molecule has 0 aliphatic heterocycles. The van der Waals surface area contributed by atoms with Crippen molar-refractivity contribution in [1.29, 1.82) is 0 Å². The average Bonchev–Trinajstić information content (AvgIpc) is 2.95. The number of carbonyl (C=O) groups excluding carboxylic acids is 3. The summed E-state index contributed by atoms with van der Waals surface area (Å²) >= 11 is 0. The fourth-order valence-electron chi connectivity index (χ4n) is 4.32. The highest BCUT2D eigenvalue weighted by Crippen LogP contribution is 2.32. The molecule has 6 heteroatoms. The van der Waals surface area contributed by atoms with Crippen molar-refractivity contribution in [2.45, 2.75) is 44.1 Å². The summed E-state index contributed by atoms with van der Waals surface area (Å²) in [6.07, 6.45) is 5.17. The smallest absolute Gasteiger partial charge is 0.338 e. The molecule has 4 rings (SSSR count). The van der Waals surface area contributed by atoms with Gasteiger partial charge in [-0.2, -0.15) is 0 Å². The van der Waals surface area contributed by atoms with Crippen LogP contribution in [0.3, 0.4) is 0 Å². The summed E-state index contributed by atoms with van der Waals surface area (Å²) in [7, 11) is 0. The predicted molar refractivity (Wildman–Crippen MR) is 135 cm³/mol. The Morgan fingerprint density at radius 2 is 1.08 bits per heavy atom. The maximum atomic E-state index is 12.7. The second-order valence-corrected chi connectivity index (χ2v) is 8.91. The normalized spacial score (nSPS) is 14.4. The molecule has 36 heavy (non-hydrogen) atoms. The number of rotatable bonds is 9. The molecule has 0 heterocycles. The molecule has 186 valence electrons. The van der Waals surface area contributed by atoms with Gasteiger partial charge in [0.1, 0.15) is 13.2 Å². The van der Waals surface area contributed by atoms with Crippen molar-refractivity contribution in [2.24, 2.45) is 0 Å². The van der Waals surface area contributed by atoms with Gasteiger partial charge >= 0.3 is 17.9 Å². The van der Waals surface area contributed by atoms with Crippen molar-refractivity contribution in [3.8, 4) is 0 Å². The monoisotopic (exact) mass is 486 g/mol. The van der Waals surface area contributed by atoms with Crippen molar-refractivity contribution in [1.82, 2.24) is 0 Å².